The van der Waals surface area contributed by atoms with E-state index in [4.69, 9.17) is 21.3 Å². The zero-order valence-electron chi connectivity index (χ0n) is 16.0. The average Bonchev–Trinajstić information content (AvgIpc) is 3.20. The molecule has 0 amide bonds. The van der Waals surface area contributed by atoms with Crippen LogP contribution in [0.25, 0.3) is 11.3 Å². The van der Waals surface area contributed by atoms with Crippen LogP contribution < -0.4 is 0 Å². The van der Waals surface area contributed by atoms with E-state index in [0.29, 0.717) is 37.6 Å². The molecule has 1 saturated heterocycles. The molecule has 0 bridgehead atoms. The summed E-state index contributed by atoms with van der Waals surface area (Å²) < 4.78 is 32.2. The second-order valence-corrected chi connectivity index (χ2v) is 10.2. The topological polar surface area (TPSA) is 59.5 Å². The Morgan fingerprint density at radius 3 is 2.55 bits per heavy atom. The molecule has 1 aliphatic heterocycles. The highest BCUT2D eigenvalue weighted by Crippen LogP contribution is 2.27. The maximum absolute atomic E-state index is 12.7. The Balaban J connectivity index is 1.50. The summed E-state index contributed by atoms with van der Waals surface area (Å²) in [6.45, 7) is 3.64. The number of nitrogens with zero attached hydrogens (tertiary/aromatic N) is 2. The van der Waals surface area contributed by atoms with E-state index in [1.165, 1.54) is 4.31 Å². The lowest BCUT2D eigenvalue weighted by Crippen LogP contribution is -2.40. The summed E-state index contributed by atoms with van der Waals surface area (Å²) in [6, 6.07) is 13.0. The first-order valence-electron chi connectivity index (χ1n) is 9.31. The predicted octanol–water partition coefficient (Wildman–Crippen LogP) is 4.38. The van der Waals surface area contributed by atoms with Gasteiger partial charge in [0.15, 0.2) is 0 Å². The van der Waals surface area contributed by atoms with Crippen LogP contribution in [-0.2, 0) is 21.2 Å². The van der Waals surface area contributed by atoms with Gasteiger partial charge in [0.25, 0.3) is 0 Å². The highest BCUT2D eigenvalue weighted by Gasteiger charge is 2.26. The molecule has 0 unspecified atom stereocenters. The van der Waals surface area contributed by atoms with Gasteiger partial charge < -0.3 is 4.74 Å². The Morgan fingerprint density at radius 1 is 1.14 bits per heavy atom. The molecule has 3 aromatic rings. The van der Waals surface area contributed by atoms with Crippen molar-refractivity contribution in [3.63, 3.8) is 0 Å². The molecule has 1 aromatic heterocycles. The Morgan fingerprint density at radius 2 is 1.86 bits per heavy atom. The number of thiazole rings is 1. The largest absolute Gasteiger partial charge is 0.379 e. The van der Waals surface area contributed by atoms with Crippen LogP contribution in [0.1, 0.15) is 16.1 Å². The lowest BCUT2D eigenvalue weighted by atomic mass is 10.1. The van der Waals surface area contributed by atoms with Gasteiger partial charge in [-0.05, 0) is 36.2 Å². The number of aromatic nitrogens is 1. The zero-order valence-corrected chi connectivity index (χ0v) is 18.4. The van der Waals surface area contributed by atoms with Crippen molar-refractivity contribution < 1.29 is 13.2 Å². The van der Waals surface area contributed by atoms with Crippen LogP contribution in [0.15, 0.2) is 52.7 Å². The van der Waals surface area contributed by atoms with Gasteiger partial charge in [0.1, 0.15) is 0 Å². The molecular weight excluding hydrogens is 428 g/mol. The van der Waals surface area contributed by atoms with E-state index in [2.05, 4.69) is 6.07 Å². The Hall–Kier alpha value is -1.77. The molecule has 0 radical (unpaired) electrons. The smallest absolute Gasteiger partial charge is 0.243 e. The van der Waals surface area contributed by atoms with E-state index < -0.39 is 10.0 Å². The van der Waals surface area contributed by atoms with Gasteiger partial charge in [-0.15, -0.1) is 11.3 Å². The lowest BCUT2D eigenvalue weighted by molar-refractivity contribution is 0.0730. The van der Waals surface area contributed by atoms with Crippen LogP contribution in [-0.4, -0.2) is 44.0 Å². The summed E-state index contributed by atoms with van der Waals surface area (Å²) in [5.41, 5.74) is 3.92. The van der Waals surface area contributed by atoms with E-state index in [0.717, 1.165) is 32.4 Å². The summed E-state index contributed by atoms with van der Waals surface area (Å²) in [5.74, 6) is 0. The van der Waals surface area contributed by atoms with Crippen LogP contribution >= 0.6 is 22.9 Å². The number of morpholine rings is 1. The number of rotatable bonds is 5. The third-order valence-corrected chi connectivity index (χ3v) is 8.07. The second-order valence-electron chi connectivity index (χ2n) is 6.93. The normalized spacial score (nSPS) is 15.5. The molecule has 0 saturated carbocycles. The van der Waals surface area contributed by atoms with Gasteiger partial charge >= 0.3 is 0 Å². The lowest BCUT2D eigenvalue weighted by Gasteiger charge is -2.26. The Kier molecular flexibility index (Phi) is 6.03. The molecule has 152 valence electrons. The van der Waals surface area contributed by atoms with E-state index >= 15 is 0 Å². The highest BCUT2D eigenvalue weighted by atomic mass is 35.5. The molecule has 0 N–H and O–H groups in total. The van der Waals surface area contributed by atoms with Crippen molar-refractivity contribution in [2.45, 2.75) is 18.2 Å². The molecule has 4 rings (SSSR count). The van der Waals surface area contributed by atoms with Crippen LogP contribution in [0.2, 0.25) is 5.02 Å². The van der Waals surface area contributed by atoms with E-state index in [1.54, 1.807) is 23.5 Å². The summed E-state index contributed by atoms with van der Waals surface area (Å²) in [6.07, 6.45) is 0.716. The van der Waals surface area contributed by atoms with Crippen molar-refractivity contribution in [2.75, 3.05) is 26.3 Å². The standard InChI is InChI=1S/C21H21ClN2O3S2/c1-15-2-3-16(12-19(15)22)13-21-23-20(14-28-21)17-4-6-18(7-5-17)29(25,26)24-8-10-27-11-9-24/h2-7,12,14H,8-11,13H2,1H3. The molecular formula is C21H21ClN2O3S2. The predicted molar refractivity (Wildman–Crippen MR) is 116 cm³/mol. The summed E-state index contributed by atoms with van der Waals surface area (Å²) in [7, 11) is -3.48. The summed E-state index contributed by atoms with van der Waals surface area (Å²) in [4.78, 5) is 5.01. The van der Waals surface area contributed by atoms with Gasteiger partial charge in [-0.1, -0.05) is 35.9 Å². The molecule has 2 heterocycles. The third kappa shape index (κ3) is 4.54. The van der Waals surface area contributed by atoms with Gasteiger partial charge in [0.05, 0.1) is 28.8 Å². The van der Waals surface area contributed by atoms with Crippen molar-refractivity contribution in [1.82, 2.24) is 9.29 Å². The number of hydrogen-bond acceptors (Lipinski definition) is 5. The maximum Gasteiger partial charge on any atom is 0.243 e. The highest BCUT2D eigenvalue weighted by molar-refractivity contribution is 7.89. The molecule has 0 aliphatic carbocycles. The quantitative estimate of drug-likeness (QED) is 0.581. The van der Waals surface area contributed by atoms with Crippen molar-refractivity contribution in [3.8, 4) is 11.3 Å². The number of halogens is 1. The van der Waals surface area contributed by atoms with E-state index in [1.807, 2.05) is 36.6 Å². The average molecular weight is 449 g/mol. The number of sulfonamides is 1. The minimum Gasteiger partial charge on any atom is -0.379 e. The fourth-order valence-electron chi connectivity index (χ4n) is 3.18. The van der Waals surface area contributed by atoms with Crippen molar-refractivity contribution in [3.05, 3.63) is 69.0 Å². The van der Waals surface area contributed by atoms with Gasteiger partial charge in [0, 0.05) is 35.5 Å². The zero-order chi connectivity index (χ0) is 20.4. The first kappa shape index (κ1) is 20.5. The van der Waals surface area contributed by atoms with Crippen LogP contribution in [0.3, 0.4) is 0 Å². The van der Waals surface area contributed by atoms with Crippen molar-refractivity contribution in [2.24, 2.45) is 0 Å². The van der Waals surface area contributed by atoms with Gasteiger partial charge in [-0.2, -0.15) is 4.31 Å². The Bertz CT molecular complexity index is 1110. The summed E-state index contributed by atoms with van der Waals surface area (Å²) >= 11 is 7.80. The van der Waals surface area contributed by atoms with E-state index in [-0.39, 0.29) is 0 Å². The number of benzene rings is 2. The third-order valence-electron chi connectivity index (χ3n) is 4.90. The molecule has 0 spiro atoms. The molecule has 1 aliphatic rings. The first-order chi connectivity index (χ1) is 13.9. The number of hydrogen-bond donors (Lipinski definition) is 0. The molecule has 1 fully saturated rings. The molecule has 29 heavy (non-hydrogen) atoms. The Labute approximate surface area is 180 Å². The van der Waals surface area contributed by atoms with Crippen molar-refractivity contribution >= 4 is 33.0 Å². The monoisotopic (exact) mass is 448 g/mol. The number of aryl methyl sites for hydroxylation is 1. The molecule has 2 aromatic carbocycles. The van der Waals surface area contributed by atoms with Gasteiger partial charge in [0.2, 0.25) is 10.0 Å². The minimum absolute atomic E-state index is 0.299. The van der Waals surface area contributed by atoms with Gasteiger partial charge in [-0.3, -0.25) is 0 Å². The number of ether oxygens (including phenoxy) is 1. The fourth-order valence-corrected chi connectivity index (χ4v) is 5.63. The molecule has 8 heteroatoms. The van der Waals surface area contributed by atoms with Crippen molar-refractivity contribution in [1.29, 1.82) is 0 Å². The minimum atomic E-state index is -3.48. The SMILES string of the molecule is Cc1ccc(Cc2nc(-c3ccc(S(=O)(=O)N4CCOCC4)cc3)cs2)cc1Cl. The molecule has 5 nitrogen and oxygen atoms in total. The first-order valence-corrected chi connectivity index (χ1v) is 12.0. The van der Waals surface area contributed by atoms with Crippen LogP contribution in [0, 0.1) is 6.92 Å². The van der Waals surface area contributed by atoms with Crippen LogP contribution in [0.4, 0.5) is 0 Å². The molecule has 0 atom stereocenters. The van der Waals surface area contributed by atoms with E-state index in [9.17, 15) is 8.42 Å². The van der Waals surface area contributed by atoms with Gasteiger partial charge in [-0.25, -0.2) is 13.4 Å². The maximum atomic E-state index is 12.7. The fraction of sp³-hybridized carbons (Fsp3) is 0.286. The summed E-state index contributed by atoms with van der Waals surface area (Å²) in [5, 5.41) is 3.75. The van der Waals surface area contributed by atoms with Crippen LogP contribution in [0.5, 0.6) is 0 Å². The second kappa shape index (κ2) is 8.53.